The number of piperazine rings is 1. The zero-order valence-electron chi connectivity index (χ0n) is 19.2. The van der Waals surface area contributed by atoms with Crippen molar-refractivity contribution in [2.45, 2.75) is 37.8 Å². The van der Waals surface area contributed by atoms with E-state index in [4.69, 9.17) is 21.6 Å². The van der Waals surface area contributed by atoms with E-state index in [1.807, 2.05) is 18.4 Å². The van der Waals surface area contributed by atoms with Gasteiger partial charge in [-0.15, -0.1) is 5.10 Å². The highest BCUT2D eigenvalue weighted by Crippen LogP contribution is 2.30. The Kier molecular flexibility index (Phi) is 6.88. The summed E-state index contributed by atoms with van der Waals surface area (Å²) in [4.78, 5) is 18.9. The number of rotatable bonds is 5. The lowest BCUT2D eigenvalue weighted by Crippen LogP contribution is -2.47. The normalized spacial score (nSPS) is 22.2. The second-order valence-corrected chi connectivity index (χ2v) is 9.15. The number of hydrogen-bond acceptors (Lipinski definition) is 8. The highest BCUT2D eigenvalue weighted by Gasteiger charge is 2.30. The fourth-order valence-corrected chi connectivity index (χ4v) is 4.85. The Morgan fingerprint density at radius 2 is 2.00 bits per heavy atom. The number of allylic oxidation sites excluding steroid dienone is 2. The maximum atomic E-state index is 12.8. The number of ether oxygens (including phenoxy) is 1. The van der Waals surface area contributed by atoms with Gasteiger partial charge in [0, 0.05) is 38.4 Å². The van der Waals surface area contributed by atoms with Gasteiger partial charge < -0.3 is 20.4 Å². The molecule has 1 saturated heterocycles. The summed E-state index contributed by atoms with van der Waals surface area (Å²) in [6.07, 6.45) is 11.0. The number of carbonyl (C=O) groups is 1. The Morgan fingerprint density at radius 3 is 2.74 bits per heavy atom. The molecule has 3 heterocycles. The van der Waals surface area contributed by atoms with Gasteiger partial charge in [-0.3, -0.25) is 9.80 Å². The maximum absolute atomic E-state index is 12.8. The molecule has 3 aliphatic rings. The third kappa shape index (κ3) is 5.11. The SMILES string of the molecule is N#Cc1ccc(OC2CCC(N3NC=CC=C3n3cnc(C(=O)N4CCNCC4)n3)CC2)cc1Cl. The number of hydrogen-bond donors (Lipinski definition) is 2. The van der Waals surface area contributed by atoms with E-state index in [1.165, 1.54) is 0 Å². The molecule has 0 radical (unpaired) electrons. The van der Waals surface area contributed by atoms with Gasteiger partial charge in [0.25, 0.3) is 5.91 Å². The van der Waals surface area contributed by atoms with Gasteiger partial charge in [0.15, 0.2) is 5.82 Å². The van der Waals surface area contributed by atoms with E-state index >= 15 is 0 Å². The van der Waals surface area contributed by atoms with Crippen molar-refractivity contribution in [1.29, 1.82) is 5.26 Å². The van der Waals surface area contributed by atoms with E-state index in [-0.39, 0.29) is 23.9 Å². The van der Waals surface area contributed by atoms with Crippen molar-refractivity contribution in [2.75, 3.05) is 26.2 Å². The van der Waals surface area contributed by atoms with Crippen LogP contribution in [0.5, 0.6) is 5.75 Å². The van der Waals surface area contributed by atoms with Crippen molar-refractivity contribution in [1.82, 2.24) is 35.4 Å². The van der Waals surface area contributed by atoms with Crippen LogP contribution in [0.25, 0.3) is 5.82 Å². The minimum Gasteiger partial charge on any atom is -0.490 e. The molecule has 10 nitrogen and oxygen atoms in total. The van der Waals surface area contributed by atoms with Crippen LogP contribution in [0.15, 0.2) is 42.9 Å². The standard InChI is InChI=1S/C24H27ClN8O2/c25-21-14-20(6-3-17(21)15-26)35-19-7-4-18(5-8-19)33-22(2-1-9-29-33)32-16-28-23(30-32)24(34)31-12-10-27-11-13-31/h1-3,6,9,14,16,18-19,27,29H,4-5,7-8,10-13H2. The topological polar surface area (TPSA) is 111 Å². The molecule has 0 unspecified atom stereocenters. The first-order chi connectivity index (χ1) is 17.1. The van der Waals surface area contributed by atoms with Crippen LogP contribution in [-0.4, -0.2) is 68.9 Å². The summed E-state index contributed by atoms with van der Waals surface area (Å²) in [7, 11) is 0. The molecule has 1 aliphatic carbocycles. The van der Waals surface area contributed by atoms with Crippen LogP contribution in [0.1, 0.15) is 41.9 Å². The molecule has 1 amide bonds. The van der Waals surface area contributed by atoms with Crippen LogP contribution < -0.4 is 15.5 Å². The zero-order chi connectivity index (χ0) is 24.2. The van der Waals surface area contributed by atoms with E-state index in [2.05, 4.69) is 31.9 Å². The van der Waals surface area contributed by atoms with E-state index in [9.17, 15) is 4.79 Å². The van der Waals surface area contributed by atoms with Crippen molar-refractivity contribution < 1.29 is 9.53 Å². The molecular weight excluding hydrogens is 468 g/mol. The summed E-state index contributed by atoms with van der Waals surface area (Å²) in [5.74, 6) is 1.57. The first kappa shape index (κ1) is 23.2. The van der Waals surface area contributed by atoms with Gasteiger partial charge in [-0.05, 0) is 50.0 Å². The number of hydrazine groups is 1. The van der Waals surface area contributed by atoms with Crippen molar-refractivity contribution in [3.05, 3.63) is 59.3 Å². The highest BCUT2D eigenvalue weighted by molar-refractivity contribution is 6.31. The number of aromatic nitrogens is 3. The van der Waals surface area contributed by atoms with Gasteiger partial charge in [0.1, 0.15) is 18.1 Å². The summed E-state index contributed by atoms with van der Waals surface area (Å²) in [6, 6.07) is 7.47. The Labute approximate surface area is 208 Å². The van der Waals surface area contributed by atoms with Gasteiger partial charge in [0.05, 0.1) is 22.7 Å². The number of amides is 1. The van der Waals surface area contributed by atoms with Crippen LogP contribution in [-0.2, 0) is 0 Å². The lowest BCUT2D eigenvalue weighted by molar-refractivity contribution is 0.0723. The molecule has 1 aromatic heterocycles. The average molecular weight is 495 g/mol. The van der Waals surface area contributed by atoms with Crippen molar-refractivity contribution in [3.63, 3.8) is 0 Å². The van der Waals surface area contributed by atoms with Crippen LogP contribution >= 0.6 is 11.6 Å². The summed E-state index contributed by atoms with van der Waals surface area (Å²) >= 11 is 6.14. The predicted octanol–water partition coefficient (Wildman–Crippen LogP) is 2.37. The van der Waals surface area contributed by atoms with E-state index < -0.39 is 0 Å². The molecule has 11 heteroatoms. The minimum absolute atomic E-state index is 0.0811. The Bertz CT molecular complexity index is 1170. The molecular formula is C24H27ClN8O2. The Hall–Kier alpha value is -3.55. The van der Waals surface area contributed by atoms with Gasteiger partial charge in [-0.1, -0.05) is 11.6 Å². The Balaban J connectivity index is 1.21. The summed E-state index contributed by atoms with van der Waals surface area (Å²) in [5, 5.41) is 19.3. The van der Waals surface area contributed by atoms with Crippen LogP contribution in [0, 0.1) is 11.3 Å². The highest BCUT2D eigenvalue weighted by atomic mass is 35.5. The number of nitrogens with zero attached hydrogens (tertiary/aromatic N) is 6. The zero-order valence-corrected chi connectivity index (χ0v) is 20.0. The fourth-order valence-electron chi connectivity index (χ4n) is 4.64. The fraction of sp³-hybridized carbons (Fsp3) is 0.417. The molecule has 0 spiro atoms. The molecule has 35 heavy (non-hydrogen) atoms. The number of nitrogens with one attached hydrogen (secondary N) is 2. The average Bonchev–Trinajstić information content (AvgIpc) is 3.40. The first-order valence-electron chi connectivity index (χ1n) is 11.8. The third-order valence-corrected chi connectivity index (χ3v) is 6.81. The number of nitriles is 1. The number of carbonyl (C=O) groups excluding carboxylic acids is 1. The summed E-state index contributed by atoms with van der Waals surface area (Å²) < 4.78 is 7.79. The molecule has 0 bridgehead atoms. The minimum atomic E-state index is -0.141. The largest absolute Gasteiger partial charge is 0.490 e. The van der Waals surface area contributed by atoms with E-state index in [0.717, 1.165) is 44.6 Å². The molecule has 2 aliphatic heterocycles. The number of benzene rings is 1. The molecule has 1 saturated carbocycles. The first-order valence-corrected chi connectivity index (χ1v) is 12.2. The number of halogens is 1. The van der Waals surface area contributed by atoms with Crippen LogP contribution in [0.2, 0.25) is 5.02 Å². The molecule has 2 N–H and O–H groups in total. The smallest absolute Gasteiger partial charge is 0.293 e. The summed E-state index contributed by atoms with van der Waals surface area (Å²) in [6.45, 7) is 2.88. The second kappa shape index (κ2) is 10.4. The molecule has 1 aromatic carbocycles. The maximum Gasteiger partial charge on any atom is 0.293 e. The second-order valence-electron chi connectivity index (χ2n) is 8.74. The van der Waals surface area contributed by atoms with Crippen LogP contribution in [0.4, 0.5) is 0 Å². The van der Waals surface area contributed by atoms with E-state index in [1.54, 1.807) is 34.1 Å². The van der Waals surface area contributed by atoms with Crippen molar-refractivity contribution in [2.24, 2.45) is 0 Å². The molecule has 182 valence electrons. The third-order valence-electron chi connectivity index (χ3n) is 6.50. The molecule has 2 fully saturated rings. The Morgan fingerprint density at radius 1 is 1.20 bits per heavy atom. The van der Waals surface area contributed by atoms with Gasteiger partial charge in [-0.2, -0.15) is 5.26 Å². The van der Waals surface area contributed by atoms with E-state index in [0.29, 0.717) is 29.4 Å². The monoisotopic (exact) mass is 494 g/mol. The van der Waals surface area contributed by atoms with Crippen molar-refractivity contribution >= 4 is 23.3 Å². The van der Waals surface area contributed by atoms with Gasteiger partial charge in [-0.25, -0.2) is 9.67 Å². The van der Waals surface area contributed by atoms with Crippen LogP contribution in [0.3, 0.4) is 0 Å². The molecule has 0 atom stereocenters. The van der Waals surface area contributed by atoms with Gasteiger partial charge in [0.2, 0.25) is 5.82 Å². The molecule has 5 rings (SSSR count). The van der Waals surface area contributed by atoms with Gasteiger partial charge >= 0.3 is 0 Å². The summed E-state index contributed by atoms with van der Waals surface area (Å²) in [5.41, 5.74) is 3.77. The van der Waals surface area contributed by atoms with Crippen molar-refractivity contribution in [3.8, 4) is 11.8 Å². The lowest BCUT2D eigenvalue weighted by atomic mass is 9.92. The molecule has 2 aromatic rings. The lowest BCUT2D eigenvalue weighted by Gasteiger charge is -2.39. The quantitative estimate of drug-likeness (QED) is 0.651. The predicted molar refractivity (Wildman–Crippen MR) is 130 cm³/mol.